The minimum absolute atomic E-state index is 0.225. The summed E-state index contributed by atoms with van der Waals surface area (Å²) in [6.45, 7) is 0.870. The average molecular weight is 393 g/mol. The smallest absolute Gasteiger partial charge is 0.416 e. The van der Waals surface area contributed by atoms with Gasteiger partial charge >= 0.3 is 12.1 Å². The third-order valence-corrected chi connectivity index (χ3v) is 4.52. The van der Waals surface area contributed by atoms with Gasteiger partial charge < -0.3 is 14.4 Å². The Hall–Kier alpha value is -2.87. The van der Waals surface area contributed by atoms with E-state index in [-0.39, 0.29) is 19.1 Å². The molecule has 0 saturated carbocycles. The Morgan fingerprint density at radius 2 is 1.64 bits per heavy atom. The van der Waals surface area contributed by atoms with Crippen molar-refractivity contribution in [3.05, 3.63) is 70.8 Å². The number of carbonyl (C=O) groups is 2. The molecule has 0 N–H and O–H groups in total. The number of benzene rings is 2. The van der Waals surface area contributed by atoms with Crippen molar-refractivity contribution < 1.29 is 32.2 Å². The lowest BCUT2D eigenvalue weighted by Gasteiger charge is -2.33. The summed E-state index contributed by atoms with van der Waals surface area (Å²) < 4.78 is 48.4. The number of morpholine rings is 1. The molecule has 0 aliphatic carbocycles. The van der Waals surface area contributed by atoms with Crippen LogP contribution in [0.5, 0.6) is 0 Å². The second kappa shape index (κ2) is 8.02. The molecule has 28 heavy (non-hydrogen) atoms. The molecule has 8 heteroatoms. The highest BCUT2D eigenvalue weighted by atomic mass is 19.4. The molecule has 0 aromatic heterocycles. The van der Waals surface area contributed by atoms with E-state index in [9.17, 15) is 22.8 Å². The first kappa shape index (κ1) is 19.9. The van der Waals surface area contributed by atoms with Gasteiger partial charge in [-0.25, -0.2) is 4.79 Å². The Bertz CT molecular complexity index is 847. The maximum absolute atomic E-state index is 12.7. The van der Waals surface area contributed by atoms with Crippen LogP contribution in [0.2, 0.25) is 0 Å². The van der Waals surface area contributed by atoms with Gasteiger partial charge in [0.2, 0.25) is 0 Å². The largest absolute Gasteiger partial charge is 0.465 e. The fourth-order valence-electron chi connectivity index (χ4n) is 2.97. The van der Waals surface area contributed by atoms with Crippen LogP contribution in [0.1, 0.15) is 37.9 Å². The topological polar surface area (TPSA) is 55.8 Å². The number of alkyl halides is 3. The molecular formula is C20H18F3NO4. The van der Waals surface area contributed by atoms with Crippen LogP contribution in [0.15, 0.2) is 48.5 Å². The SMILES string of the molecule is COC(=O)c1ccc(C(=O)N2CCO[C@H](c3ccc(C(F)(F)F)cc3)C2)cc1. The highest BCUT2D eigenvalue weighted by molar-refractivity contribution is 5.96. The van der Waals surface area contributed by atoms with Crippen LogP contribution in [0.3, 0.4) is 0 Å². The number of nitrogens with zero attached hydrogens (tertiary/aromatic N) is 1. The number of esters is 1. The van der Waals surface area contributed by atoms with Crippen molar-refractivity contribution in [2.24, 2.45) is 0 Å². The van der Waals surface area contributed by atoms with E-state index in [1.54, 1.807) is 4.90 Å². The van der Waals surface area contributed by atoms with E-state index in [0.717, 1.165) is 12.1 Å². The van der Waals surface area contributed by atoms with Crippen molar-refractivity contribution >= 4 is 11.9 Å². The molecule has 2 aromatic carbocycles. The molecule has 1 atom stereocenters. The molecular weight excluding hydrogens is 375 g/mol. The summed E-state index contributed by atoms with van der Waals surface area (Å²) in [5.74, 6) is -0.732. The molecule has 0 unspecified atom stereocenters. The molecule has 1 fully saturated rings. The van der Waals surface area contributed by atoms with Gasteiger partial charge in [-0.2, -0.15) is 13.2 Å². The Morgan fingerprint density at radius 3 is 2.21 bits per heavy atom. The van der Waals surface area contributed by atoms with Crippen molar-refractivity contribution in [1.82, 2.24) is 4.90 Å². The second-order valence-electron chi connectivity index (χ2n) is 6.30. The Kier molecular flexibility index (Phi) is 5.69. The van der Waals surface area contributed by atoms with E-state index in [1.807, 2.05) is 0 Å². The number of hydrogen-bond acceptors (Lipinski definition) is 4. The quantitative estimate of drug-likeness (QED) is 0.746. The lowest BCUT2D eigenvalue weighted by Crippen LogP contribution is -2.42. The maximum Gasteiger partial charge on any atom is 0.416 e. The van der Waals surface area contributed by atoms with Crippen LogP contribution >= 0.6 is 0 Å². The summed E-state index contributed by atoms with van der Waals surface area (Å²) >= 11 is 0. The summed E-state index contributed by atoms with van der Waals surface area (Å²) in [4.78, 5) is 25.8. The van der Waals surface area contributed by atoms with Crippen LogP contribution in [-0.2, 0) is 15.7 Å². The maximum atomic E-state index is 12.7. The van der Waals surface area contributed by atoms with Gasteiger partial charge in [0.1, 0.15) is 6.10 Å². The predicted octanol–water partition coefficient (Wildman–Crippen LogP) is 3.71. The van der Waals surface area contributed by atoms with Gasteiger partial charge in [-0.1, -0.05) is 12.1 Å². The first-order valence-corrected chi connectivity index (χ1v) is 8.56. The molecule has 1 saturated heterocycles. The molecule has 148 valence electrons. The minimum atomic E-state index is -4.40. The van der Waals surface area contributed by atoms with Crippen molar-refractivity contribution in [1.29, 1.82) is 0 Å². The predicted molar refractivity (Wildman–Crippen MR) is 93.8 cm³/mol. The van der Waals surface area contributed by atoms with Gasteiger partial charge in [-0.3, -0.25) is 4.79 Å². The van der Waals surface area contributed by atoms with Crippen LogP contribution in [0.25, 0.3) is 0 Å². The zero-order valence-corrected chi connectivity index (χ0v) is 15.0. The lowest BCUT2D eigenvalue weighted by atomic mass is 10.0. The van der Waals surface area contributed by atoms with Crippen molar-refractivity contribution in [2.75, 3.05) is 26.8 Å². The molecule has 1 aliphatic rings. The molecule has 3 rings (SSSR count). The van der Waals surface area contributed by atoms with Gasteiger partial charge in [0.15, 0.2) is 0 Å². The molecule has 1 aliphatic heterocycles. The van der Waals surface area contributed by atoms with Crippen LogP contribution in [0.4, 0.5) is 13.2 Å². The molecule has 1 heterocycles. The second-order valence-corrected chi connectivity index (χ2v) is 6.30. The molecule has 0 spiro atoms. The summed E-state index contributed by atoms with van der Waals surface area (Å²) in [5.41, 5.74) is 0.585. The first-order valence-electron chi connectivity index (χ1n) is 8.56. The fourth-order valence-corrected chi connectivity index (χ4v) is 2.97. The van der Waals surface area contributed by atoms with Gasteiger partial charge in [0.05, 0.1) is 31.4 Å². The third-order valence-electron chi connectivity index (χ3n) is 4.52. The number of ether oxygens (including phenoxy) is 2. The molecule has 1 amide bonds. The van der Waals surface area contributed by atoms with Crippen molar-refractivity contribution in [3.63, 3.8) is 0 Å². The highest BCUT2D eigenvalue weighted by Crippen LogP contribution is 2.31. The van der Waals surface area contributed by atoms with E-state index in [1.165, 1.54) is 43.5 Å². The van der Waals surface area contributed by atoms with E-state index in [4.69, 9.17) is 4.74 Å². The Morgan fingerprint density at radius 1 is 1.04 bits per heavy atom. The normalized spacial score (nSPS) is 17.3. The van der Waals surface area contributed by atoms with E-state index >= 15 is 0 Å². The van der Waals surface area contributed by atoms with Crippen molar-refractivity contribution in [2.45, 2.75) is 12.3 Å². The molecule has 0 bridgehead atoms. The third kappa shape index (κ3) is 4.33. The van der Waals surface area contributed by atoms with E-state index in [2.05, 4.69) is 4.74 Å². The minimum Gasteiger partial charge on any atom is -0.465 e. The number of halogens is 3. The molecule has 5 nitrogen and oxygen atoms in total. The van der Waals surface area contributed by atoms with Gasteiger partial charge in [0.25, 0.3) is 5.91 Å². The van der Waals surface area contributed by atoms with Crippen LogP contribution < -0.4 is 0 Å². The first-order chi connectivity index (χ1) is 13.3. The van der Waals surface area contributed by atoms with Crippen LogP contribution in [0, 0.1) is 0 Å². The zero-order valence-electron chi connectivity index (χ0n) is 15.0. The molecule has 2 aromatic rings. The van der Waals surface area contributed by atoms with E-state index in [0.29, 0.717) is 23.2 Å². The highest BCUT2D eigenvalue weighted by Gasteiger charge is 2.31. The lowest BCUT2D eigenvalue weighted by molar-refractivity contribution is -0.137. The number of amides is 1. The Labute approximate surface area is 159 Å². The number of methoxy groups -OCH3 is 1. The van der Waals surface area contributed by atoms with Crippen LogP contribution in [-0.4, -0.2) is 43.6 Å². The van der Waals surface area contributed by atoms with Gasteiger partial charge in [-0.15, -0.1) is 0 Å². The van der Waals surface area contributed by atoms with Gasteiger partial charge in [0, 0.05) is 12.1 Å². The zero-order chi connectivity index (χ0) is 20.3. The summed E-state index contributed by atoms with van der Waals surface area (Å²) in [5, 5.41) is 0. The fraction of sp³-hybridized carbons (Fsp3) is 0.300. The summed E-state index contributed by atoms with van der Waals surface area (Å²) in [6.07, 6.45) is -4.90. The number of hydrogen-bond donors (Lipinski definition) is 0. The monoisotopic (exact) mass is 393 g/mol. The standard InChI is InChI=1S/C20H18F3NO4/c1-27-19(26)15-4-2-14(3-5-15)18(25)24-10-11-28-17(12-24)13-6-8-16(9-7-13)20(21,22)23/h2-9,17H,10-12H2,1H3/t17-/m0/s1. The Balaban J connectivity index is 1.70. The van der Waals surface area contributed by atoms with Gasteiger partial charge in [-0.05, 0) is 42.0 Å². The van der Waals surface area contributed by atoms with E-state index < -0.39 is 23.8 Å². The van der Waals surface area contributed by atoms with Crippen molar-refractivity contribution in [3.8, 4) is 0 Å². The molecule has 0 radical (unpaired) electrons. The summed E-state index contributed by atoms with van der Waals surface area (Å²) in [6, 6.07) is 10.8. The number of carbonyl (C=O) groups excluding carboxylic acids is 2. The number of rotatable bonds is 3. The summed E-state index contributed by atoms with van der Waals surface area (Å²) in [7, 11) is 1.27. The average Bonchev–Trinajstić information content (AvgIpc) is 2.72.